The summed E-state index contributed by atoms with van der Waals surface area (Å²) in [7, 11) is 0. The fraction of sp³-hybridized carbons (Fsp3) is 0.565. The van der Waals surface area contributed by atoms with Crippen molar-refractivity contribution in [3.63, 3.8) is 0 Å². The molecule has 0 unspecified atom stereocenters. The quantitative estimate of drug-likeness (QED) is 0.607. The summed E-state index contributed by atoms with van der Waals surface area (Å²) >= 11 is 0. The van der Waals surface area contributed by atoms with Gasteiger partial charge in [0.05, 0.1) is 5.56 Å². The van der Waals surface area contributed by atoms with Gasteiger partial charge in [0.2, 0.25) is 11.8 Å². The van der Waals surface area contributed by atoms with Crippen LogP contribution in [-0.2, 0) is 16.1 Å². The molecular weight excluding hydrogens is 422 g/mol. The number of ether oxygens (including phenoxy) is 2. The smallest absolute Gasteiger partial charge is 0.245 e. The molecule has 0 aromatic carbocycles. The SMILES string of the molecule is CCn1c(-c2cnc(C)nc2)nc2c(O[C@@H]3CC[C@@H](NC(=O)C4CCOCC4)C3)ncnc21. The van der Waals surface area contributed by atoms with Crippen LogP contribution >= 0.6 is 0 Å². The van der Waals surface area contributed by atoms with Crippen molar-refractivity contribution < 1.29 is 14.3 Å². The first-order chi connectivity index (χ1) is 16.1. The molecule has 1 aliphatic carbocycles. The number of rotatable bonds is 6. The van der Waals surface area contributed by atoms with Crippen LogP contribution < -0.4 is 10.1 Å². The van der Waals surface area contributed by atoms with Crippen LogP contribution in [0.25, 0.3) is 22.6 Å². The van der Waals surface area contributed by atoms with E-state index in [4.69, 9.17) is 14.5 Å². The Hall–Kier alpha value is -3.14. The lowest BCUT2D eigenvalue weighted by Crippen LogP contribution is -2.40. The number of fused-ring (bicyclic) bond motifs is 1. The number of aryl methyl sites for hydroxylation is 2. The van der Waals surface area contributed by atoms with E-state index in [-0.39, 0.29) is 24.0 Å². The van der Waals surface area contributed by atoms with Crippen LogP contribution in [0.3, 0.4) is 0 Å². The lowest BCUT2D eigenvalue weighted by atomic mass is 9.99. The lowest BCUT2D eigenvalue weighted by Gasteiger charge is -2.23. The molecule has 3 aromatic heterocycles. The summed E-state index contributed by atoms with van der Waals surface area (Å²) in [6, 6.07) is 0.121. The summed E-state index contributed by atoms with van der Waals surface area (Å²) in [6.45, 7) is 5.92. The molecule has 0 spiro atoms. The van der Waals surface area contributed by atoms with Gasteiger partial charge in [-0.1, -0.05) is 0 Å². The molecular formula is C23H29N7O3. The van der Waals surface area contributed by atoms with Crippen molar-refractivity contribution in [2.45, 2.75) is 64.6 Å². The average Bonchev–Trinajstić information content (AvgIpc) is 3.44. The predicted octanol–water partition coefficient (Wildman–Crippen LogP) is 2.45. The number of carbonyl (C=O) groups is 1. The van der Waals surface area contributed by atoms with Crippen LogP contribution in [-0.4, -0.2) is 60.8 Å². The van der Waals surface area contributed by atoms with E-state index in [1.165, 1.54) is 6.33 Å². The van der Waals surface area contributed by atoms with Gasteiger partial charge in [-0.2, -0.15) is 4.98 Å². The minimum Gasteiger partial charge on any atom is -0.473 e. The van der Waals surface area contributed by atoms with E-state index < -0.39 is 0 Å². The highest BCUT2D eigenvalue weighted by molar-refractivity contribution is 5.81. The number of imidazole rings is 1. The third-order valence-electron chi connectivity index (χ3n) is 6.46. The van der Waals surface area contributed by atoms with Gasteiger partial charge in [-0.15, -0.1) is 0 Å². The van der Waals surface area contributed by atoms with Gasteiger partial charge in [0.1, 0.15) is 24.1 Å². The molecule has 0 bridgehead atoms. The first-order valence-electron chi connectivity index (χ1n) is 11.7. The normalized spacial score (nSPS) is 21.4. The van der Waals surface area contributed by atoms with Crippen LogP contribution in [0.2, 0.25) is 0 Å². The summed E-state index contributed by atoms with van der Waals surface area (Å²) < 4.78 is 13.7. The van der Waals surface area contributed by atoms with Crippen molar-refractivity contribution in [1.29, 1.82) is 0 Å². The molecule has 3 aromatic rings. The predicted molar refractivity (Wildman–Crippen MR) is 121 cm³/mol. The number of amides is 1. The molecule has 1 aliphatic heterocycles. The minimum absolute atomic E-state index is 0.0268. The zero-order chi connectivity index (χ0) is 22.8. The summed E-state index contributed by atoms with van der Waals surface area (Å²) in [6.07, 6.45) is 9.13. The monoisotopic (exact) mass is 451 g/mol. The molecule has 1 amide bonds. The van der Waals surface area contributed by atoms with Crippen molar-refractivity contribution in [1.82, 2.24) is 34.8 Å². The topological polar surface area (TPSA) is 117 Å². The molecule has 5 rings (SSSR count). The van der Waals surface area contributed by atoms with E-state index in [1.54, 1.807) is 12.4 Å². The second kappa shape index (κ2) is 9.38. The number of nitrogens with zero attached hydrogens (tertiary/aromatic N) is 6. The highest BCUT2D eigenvalue weighted by Gasteiger charge is 2.31. The van der Waals surface area contributed by atoms with Gasteiger partial charge in [-0.25, -0.2) is 19.9 Å². The van der Waals surface area contributed by atoms with Crippen LogP contribution in [0.5, 0.6) is 5.88 Å². The largest absolute Gasteiger partial charge is 0.473 e. The van der Waals surface area contributed by atoms with Crippen molar-refractivity contribution >= 4 is 17.1 Å². The van der Waals surface area contributed by atoms with Gasteiger partial charge in [0.15, 0.2) is 11.2 Å². The molecule has 1 N–H and O–H groups in total. The maximum atomic E-state index is 12.6. The summed E-state index contributed by atoms with van der Waals surface area (Å²) in [5, 5.41) is 3.21. The highest BCUT2D eigenvalue weighted by atomic mass is 16.5. The Morgan fingerprint density at radius 1 is 1.15 bits per heavy atom. The molecule has 33 heavy (non-hydrogen) atoms. The van der Waals surface area contributed by atoms with Crippen molar-refractivity contribution in [3.8, 4) is 17.3 Å². The number of aromatic nitrogens is 6. The lowest BCUT2D eigenvalue weighted by molar-refractivity contribution is -0.128. The Bertz CT molecular complexity index is 1130. The van der Waals surface area contributed by atoms with Crippen molar-refractivity contribution in [3.05, 3.63) is 24.5 Å². The van der Waals surface area contributed by atoms with E-state index in [0.29, 0.717) is 37.0 Å². The van der Waals surface area contributed by atoms with Gasteiger partial charge >= 0.3 is 0 Å². The zero-order valence-electron chi connectivity index (χ0n) is 19.0. The van der Waals surface area contributed by atoms with Gasteiger partial charge in [0, 0.05) is 50.5 Å². The maximum absolute atomic E-state index is 12.6. The summed E-state index contributed by atoms with van der Waals surface area (Å²) in [5.41, 5.74) is 2.17. The molecule has 2 aliphatic rings. The Morgan fingerprint density at radius 2 is 1.94 bits per heavy atom. The Labute approximate surface area is 192 Å². The average molecular weight is 452 g/mol. The molecule has 4 heterocycles. The van der Waals surface area contributed by atoms with Gasteiger partial charge < -0.3 is 19.4 Å². The van der Waals surface area contributed by atoms with Gasteiger partial charge in [-0.05, 0) is 39.5 Å². The first kappa shape index (κ1) is 21.7. The summed E-state index contributed by atoms with van der Waals surface area (Å²) in [4.78, 5) is 34.8. The molecule has 1 saturated carbocycles. The second-order valence-corrected chi connectivity index (χ2v) is 8.69. The van der Waals surface area contributed by atoms with Crippen molar-refractivity contribution in [2.75, 3.05) is 13.2 Å². The fourth-order valence-electron chi connectivity index (χ4n) is 4.64. The second-order valence-electron chi connectivity index (χ2n) is 8.69. The first-order valence-corrected chi connectivity index (χ1v) is 11.7. The zero-order valence-corrected chi connectivity index (χ0v) is 19.0. The third kappa shape index (κ3) is 4.52. The Balaban J connectivity index is 1.31. The number of nitrogens with one attached hydrogen (secondary N) is 1. The minimum atomic E-state index is -0.0268. The molecule has 2 atom stereocenters. The maximum Gasteiger partial charge on any atom is 0.245 e. The Kier molecular flexibility index (Phi) is 6.17. The standard InChI is InChI=1S/C23H29N7O3/c1-3-30-20(16-11-24-14(2)25-12-16)29-19-21(30)26-13-27-23(19)33-18-5-4-17(10-18)28-22(31)15-6-8-32-9-7-15/h11-13,15,17-18H,3-10H2,1-2H3,(H,28,31)/t17-,18-/m1/s1. The van der Waals surface area contributed by atoms with E-state index in [2.05, 4.69) is 25.3 Å². The number of hydrogen-bond donors (Lipinski definition) is 1. The van der Waals surface area contributed by atoms with Crippen LogP contribution in [0.15, 0.2) is 18.7 Å². The molecule has 2 fully saturated rings. The van der Waals surface area contributed by atoms with Gasteiger partial charge in [0.25, 0.3) is 0 Å². The number of hydrogen-bond acceptors (Lipinski definition) is 8. The van der Waals surface area contributed by atoms with E-state index >= 15 is 0 Å². The molecule has 10 heteroatoms. The fourth-order valence-corrected chi connectivity index (χ4v) is 4.64. The molecule has 0 radical (unpaired) electrons. The van der Waals surface area contributed by atoms with E-state index in [9.17, 15) is 4.79 Å². The number of carbonyl (C=O) groups excluding carboxylic acids is 1. The van der Waals surface area contributed by atoms with Crippen molar-refractivity contribution in [2.24, 2.45) is 5.92 Å². The van der Waals surface area contributed by atoms with Crippen LogP contribution in [0.4, 0.5) is 0 Å². The van der Waals surface area contributed by atoms with Gasteiger partial charge in [-0.3, -0.25) is 4.79 Å². The summed E-state index contributed by atoms with van der Waals surface area (Å²) in [5.74, 6) is 2.12. The highest BCUT2D eigenvalue weighted by Crippen LogP contribution is 2.31. The van der Waals surface area contributed by atoms with Crippen LogP contribution in [0, 0.1) is 12.8 Å². The molecule has 1 saturated heterocycles. The van der Waals surface area contributed by atoms with E-state index in [1.807, 2.05) is 18.4 Å². The molecule has 10 nitrogen and oxygen atoms in total. The third-order valence-corrected chi connectivity index (χ3v) is 6.46. The molecule has 174 valence electrons. The van der Waals surface area contributed by atoms with E-state index in [0.717, 1.165) is 49.1 Å². The Morgan fingerprint density at radius 3 is 2.70 bits per heavy atom. The van der Waals surface area contributed by atoms with Crippen LogP contribution in [0.1, 0.15) is 44.9 Å².